The van der Waals surface area contributed by atoms with E-state index in [0.29, 0.717) is 19.3 Å². The minimum Gasteiger partial charge on any atom is -0.285 e. The van der Waals surface area contributed by atoms with Crippen molar-refractivity contribution in [1.82, 2.24) is 9.80 Å². The van der Waals surface area contributed by atoms with Crippen LogP contribution in [0, 0.1) is 11.8 Å². The van der Waals surface area contributed by atoms with Gasteiger partial charge in [-0.05, 0) is 26.3 Å². The summed E-state index contributed by atoms with van der Waals surface area (Å²) in [5.74, 6) is -0.344. The van der Waals surface area contributed by atoms with Gasteiger partial charge in [-0.2, -0.15) is 0 Å². The second kappa shape index (κ2) is 5.21. The fourth-order valence-electron chi connectivity index (χ4n) is 3.47. The molecule has 0 spiro atoms. The highest BCUT2D eigenvalue weighted by Gasteiger charge is 2.47. The van der Waals surface area contributed by atoms with Crippen LogP contribution in [0.15, 0.2) is 12.2 Å². The summed E-state index contributed by atoms with van der Waals surface area (Å²) in [7, 11) is -1.18. The second-order valence-corrected chi connectivity index (χ2v) is 8.44. The van der Waals surface area contributed by atoms with Crippen molar-refractivity contribution in [2.75, 3.05) is 25.2 Å². The van der Waals surface area contributed by atoms with Gasteiger partial charge in [-0.15, -0.1) is 0 Å². The predicted octanol–water partition coefficient (Wildman–Crippen LogP) is 0.0140. The summed E-state index contributed by atoms with van der Waals surface area (Å²) in [6.07, 6.45) is 5.76. The van der Waals surface area contributed by atoms with Crippen LogP contribution in [0.2, 0.25) is 0 Å². The lowest BCUT2D eigenvalue weighted by Gasteiger charge is -2.27. The van der Waals surface area contributed by atoms with Crippen LogP contribution in [-0.2, 0) is 19.4 Å². The van der Waals surface area contributed by atoms with Crippen molar-refractivity contribution in [2.24, 2.45) is 11.8 Å². The zero-order chi connectivity index (χ0) is 15.2. The first kappa shape index (κ1) is 14.7. The van der Waals surface area contributed by atoms with Gasteiger partial charge in [-0.1, -0.05) is 12.2 Å². The van der Waals surface area contributed by atoms with E-state index in [1.807, 2.05) is 17.1 Å². The fourth-order valence-corrected chi connectivity index (χ4v) is 5.28. The topological polar surface area (TPSA) is 74.8 Å². The summed E-state index contributed by atoms with van der Waals surface area (Å²) in [6.45, 7) is 0.199. The number of carbonyl (C=O) groups is 2. The minimum atomic E-state index is -2.96. The largest absolute Gasteiger partial charge is 0.285 e. The molecule has 0 aromatic heterocycles. The van der Waals surface area contributed by atoms with Crippen LogP contribution < -0.4 is 0 Å². The summed E-state index contributed by atoms with van der Waals surface area (Å²) in [4.78, 5) is 27.8. The molecule has 0 saturated carbocycles. The quantitative estimate of drug-likeness (QED) is 0.542. The van der Waals surface area contributed by atoms with Gasteiger partial charge in [0.2, 0.25) is 11.8 Å². The molecule has 0 unspecified atom stereocenters. The monoisotopic (exact) mass is 312 g/mol. The molecule has 0 N–H and O–H groups in total. The minimum absolute atomic E-state index is 0.101. The number of amides is 2. The van der Waals surface area contributed by atoms with Crippen molar-refractivity contribution in [3.05, 3.63) is 12.2 Å². The van der Waals surface area contributed by atoms with Crippen LogP contribution >= 0.6 is 0 Å². The van der Waals surface area contributed by atoms with Crippen molar-refractivity contribution < 1.29 is 18.0 Å². The van der Waals surface area contributed by atoms with Crippen LogP contribution in [0.1, 0.15) is 19.3 Å². The molecule has 1 aliphatic carbocycles. The molecule has 2 heterocycles. The maximum absolute atomic E-state index is 12.4. The highest BCUT2D eigenvalue weighted by Crippen LogP contribution is 2.35. The second-order valence-electron chi connectivity index (χ2n) is 6.22. The highest BCUT2D eigenvalue weighted by atomic mass is 32.2. The van der Waals surface area contributed by atoms with E-state index >= 15 is 0 Å². The van der Waals surface area contributed by atoms with E-state index in [1.165, 1.54) is 4.90 Å². The van der Waals surface area contributed by atoms with Crippen LogP contribution in [0.5, 0.6) is 0 Å². The first-order chi connectivity index (χ1) is 9.89. The van der Waals surface area contributed by atoms with E-state index in [1.54, 1.807) is 7.05 Å². The fraction of sp³-hybridized carbons (Fsp3) is 0.714. The average molecular weight is 312 g/mol. The smallest absolute Gasteiger partial charge is 0.234 e. The summed E-state index contributed by atoms with van der Waals surface area (Å²) in [6, 6.07) is -0.101. The molecule has 2 fully saturated rings. The average Bonchev–Trinajstić information content (AvgIpc) is 2.93. The van der Waals surface area contributed by atoms with Crippen molar-refractivity contribution in [3.63, 3.8) is 0 Å². The summed E-state index contributed by atoms with van der Waals surface area (Å²) < 4.78 is 23.1. The number of nitrogens with zero attached hydrogens (tertiary/aromatic N) is 2. The van der Waals surface area contributed by atoms with Gasteiger partial charge in [0.25, 0.3) is 0 Å². The molecular weight excluding hydrogens is 292 g/mol. The molecule has 7 heteroatoms. The Morgan fingerprint density at radius 2 is 1.76 bits per heavy atom. The van der Waals surface area contributed by atoms with Crippen molar-refractivity contribution >= 4 is 21.7 Å². The zero-order valence-electron chi connectivity index (χ0n) is 12.1. The molecular formula is C14H20N2O4S. The summed E-state index contributed by atoms with van der Waals surface area (Å²) >= 11 is 0. The molecule has 3 aliphatic rings. The van der Waals surface area contributed by atoms with Crippen LogP contribution in [-0.4, -0.2) is 61.3 Å². The van der Waals surface area contributed by atoms with Crippen molar-refractivity contribution in [3.8, 4) is 0 Å². The molecule has 2 saturated heterocycles. The molecule has 3 rings (SSSR count). The number of carbonyl (C=O) groups excluding carboxylic acids is 2. The molecule has 0 radical (unpaired) electrons. The van der Waals surface area contributed by atoms with Crippen molar-refractivity contribution in [2.45, 2.75) is 25.3 Å². The van der Waals surface area contributed by atoms with E-state index < -0.39 is 9.84 Å². The Bertz CT molecular complexity index is 572. The van der Waals surface area contributed by atoms with Crippen LogP contribution in [0.25, 0.3) is 0 Å². The molecule has 0 bridgehead atoms. The van der Waals surface area contributed by atoms with Gasteiger partial charge in [-0.25, -0.2) is 8.42 Å². The Balaban J connectivity index is 1.68. The number of sulfone groups is 1. The standard InChI is InChI=1S/C14H20N2O4S/c1-15(10-6-7-21(19,20)8-10)9-16-13(17)11-4-2-3-5-12(11)14(16)18/h2-3,10-12H,4-9H2,1H3/t10-,11+,12+/m0/s1. The number of fused-ring (bicyclic) bond motifs is 1. The van der Waals surface area contributed by atoms with Gasteiger partial charge >= 0.3 is 0 Å². The maximum Gasteiger partial charge on any atom is 0.234 e. The molecule has 0 aromatic rings. The molecule has 21 heavy (non-hydrogen) atoms. The Morgan fingerprint density at radius 3 is 2.24 bits per heavy atom. The third-order valence-corrected chi connectivity index (χ3v) is 6.55. The summed E-state index contributed by atoms with van der Waals surface area (Å²) in [5.41, 5.74) is 0. The number of hydrogen-bond donors (Lipinski definition) is 0. The van der Waals surface area contributed by atoms with E-state index in [4.69, 9.17) is 0 Å². The number of likely N-dealkylation sites (tertiary alicyclic amines) is 1. The third-order valence-electron chi connectivity index (χ3n) is 4.80. The van der Waals surface area contributed by atoms with E-state index in [0.717, 1.165) is 0 Å². The Labute approximate surface area is 124 Å². The SMILES string of the molecule is CN(CN1C(=O)[C@@H]2CC=CC[C@H]2C1=O)[C@H]1CCS(=O)(=O)C1. The van der Waals surface area contributed by atoms with Crippen LogP contribution in [0.3, 0.4) is 0 Å². The van der Waals surface area contributed by atoms with E-state index in [2.05, 4.69) is 0 Å². The number of hydrogen-bond acceptors (Lipinski definition) is 5. The lowest BCUT2D eigenvalue weighted by Crippen LogP contribution is -2.44. The Kier molecular flexibility index (Phi) is 3.65. The lowest BCUT2D eigenvalue weighted by molar-refractivity contribution is -0.142. The Hall–Kier alpha value is -1.21. The molecule has 6 nitrogen and oxygen atoms in total. The highest BCUT2D eigenvalue weighted by molar-refractivity contribution is 7.91. The first-order valence-corrected chi connectivity index (χ1v) is 9.12. The molecule has 2 aliphatic heterocycles. The van der Waals surface area contributed by atoms with Gasteiger partial charge in [0.1, 0.15) is 0 Å². The number of imide groups is 1. The van der Waals surface area contributed by atoms with E-state index in [-0.39, 0.29) is 47.9 Å². The molecule has 0 aromatic carbocycles. The van der Waals surface area contributed by atoms with Crippen molar-refractivity contribution in [1.29, 1.82) is 0 Å². The normalized spacial score (nSPS) is 34.8. The molecule has 3 atom stereocenters. The number of rotatable bonds is 3. The summed E-state index contributed by atoms with van der Waals surface area (Å²) in [5, 5.41) is 0. The Morgan fingerprint density at radius 1 is 1.19 bits per heavy atom. The van der Waals surface area contributed by atoms with Gasteiger partial charge in [-0.3, -0.25) is 19.4 Å². The zero-order valence-corrected chi connectivity index (χ0v) is 12.9. The van der Waals surface area contributed by atoms with Crippen LogP contribution in [0.4, 0.5) is 0 Å². The van der Waals surface area contributed by atoms with E-state index in [9.17, 15) is 18.0 Å². The van der Waals surface area contributed by atoms with Gasteiger partial charge in [0, 0.05) is 6.04 Å². The predicted molar refractivity (Wildman–Crippen MR) is 76.9 cm³/mol. The lowest BCUT2D eigenvalue weighted by atomic mass is 9.85. The maximum atomic E-state index is 12.4. The first-order valence-electron chi connectivity index (χ1n) is 7.30. The van der Waals surface area contributed by atoms with Gasteiger partial charge in [0.15, 0.2) is 9.84 Å². The van der Waals surface area contributed by atoms with Gasteiger partial charge < -0.3 is 0 Å². The molecule has 2 amide bonds. The molecule has 116 valence electrons. The number of allylic oxidation sites excluding steroid dienone is 2. The van der Waals surface area contributed by atoms with Gasteiger partial charge in [0.05, 0.1) is 30.0 Å². The third kappa shape index (κ3) is 2.64.